The smallest absolute Gasteiger partial charge is 0.437 e. The Hall–Kier alpha value is -2.96. The van der Waals surface area contributed by atoms with E-state index in [1.54, 1.807) is 0 Å². The quantitative estimate of drug-likeness (QED) is 0.726. The second-order valence-electron chi connectivity index (χ2n) is 4.71. The zero-order chi connectivity index (χ0) is 16.2. The van der Waals surface area contributed by atoms with Gasteiger partial charge in [0, 0.05) is 5.56 Å². The lowest BCUT2D eigenvalue weighted by Crippen LogP contribution is -2.20. The molecule has 0 aliphatic rings. The normalized spacial score (nSPS) is 10.7. The van der Waals surface area contributed by atoms with Gasteiger partial charge < -0.3 is 9.15 Å². The van der Waals surface area contributed by atoms with Crippen LogP contribution >= 0.6 is 0 Å². The van der Waals surface area contributed by atoms with Crippen molar-refractivity contribution in [3.63, 3.8) is 0 Å². The van der Waals surface area contributed by atoms with Crippen LogP contribution in [0, 0.1) is 11.6 Å². The Bertz CT molecular complexity index is 839. The van der Waals surface area contributed by atoms with E-state index in [9.17, 15) is 13.6 Å². The van der Waals surface area contributed by atoms with Crippen molar-refractivity contribution in [3.05, 3.63) is 70.7 Å². The zero-order valence-corrected chi connectivity index (χ0v) is 11.9. The van der Waals surface area contributed by atoms with Crippen molar-refractivity contribution in [3.8, 4) is 17.2 Å². The Kier molecular flexibility index (Phi) is 4.18. The molecule has 118 valence electrons. The molecule has 7 heteroatoms. The van der Waals surface area contributed by atoms with Crippen LogP contribution in [0.25, 0.3) is 11.5 Å². The maximum atomic E-state index is 12.9. The van der Waals surface area contributed by atoms with Gasteiger partial charge in [0.2, 0.25) is 5.89 Å². The summed E-state index contributed by atoms with van der Waals surface area (Å²) in [4.78, 5) is 11.7. The number of rotatable bonds is 5. The molecule has 0 unspecified atom stereocenters. The van der Waals surface area contributed by atoms with Crippen LogP contribution in [0.1, 0.15) is 0 Å². The summed E-state index contributed by atoms with van der Waals surface area (Å²) < 4.78 is 37.2. The molecule has 0 atom stereocenters. The predicted octanol–water partition coefficient (Wildman–Crippen LogP) is 2.86. The van der Waals surface area contributed by atoms with E-state index in [-0.39, 0.29) is 30.7 Å². The van der Waals surface area contributed by atoms with Gasteiger partial charge in [0.15, 0.2) is 0 Å². The summed E-state index contributed by atoms with van der Waals surface area (Å²) in [7, 11) is 0. The number of hydrogen-bond acceptors (Lipinski definition) is 4. The minimum atomic E-state index is -0.632. The highest BCUT2D eigenvalue weighted by molar-refractivity contribution is 5.51. The molecular weight excluding hydrogens is 306 g/mol. The van der Waals surface area contributed by atoms with E-state index >= 15 is 0 Å². The number of aromatic nitrogens is 2. The maximum absolute atomic E-state index is 12.9. The highest BCUT2D eigenvalue weighted by atomic mass is 19.1. The standard InChI is InChI=1S/C16H12F2N2O3/c17-12-3-1-11(2-4-12)15-19-20(16(21)23-15)9-10-22-14-7-5-13(18)6-8-14/h1-8H,9-10H2. The van der Waals surface area contributed by atoms with Gasteiger partial charge in [-0.05, 0) is 48.5 Å². The van der Waals surface area contributed by atoms with Crippen LogP contribution in [0.4, 0.5) is 8.78 Å². The first-order valence-electron chi connectivity index (χ1n) is 6.84. The molecule has 1 heterocycles. The number of benzene rings is 2. The van der Waals surface area contributed by atoms with E-state index in [0.29, 0.717) is 11.3 Å². The van der Waals surface area contributed by atoms with Gasteiger partial charge in [0.25, 0.3) is 0 Å². The molecule has 0 bridgehead atoms. The van der Waals surface area contributed by atoms with E-state index in [2.05, 4.69) is 5.10 Å². The van der Waals surface area contributed by atoms with Crippen molar-refractivity contribution in [1.82, 2.24) is 9.78 Å². The largest absolute Gasteiger partial charge is 0.492 e. The third kappa shape index (κ3) is 3.63. The van der Waals surface area contributed by atoms with E-state index in [1.807, 2.05) is 0 Å². The summed E-state index contributed by atoms with van der Waals surface area (Å²) in [5, 5.41) is 4.03. The van der Waals surface area contributed by atoms with Crippen LogP contribution in [0.3, 0.4) is 0 Å². The van der Waals surface area contributed by atoms with Crippen LogP contribution in [0.15, 0.2) is 57.7 Å². The van der Waals surface area contributed by atoms with Gasteiger partial charge in [0.1, 0.15) is 24.0 Å². The zero-order valence-electron chi connectivity index (χ0n) is 11.9. The van der Waals surface area contributed by atoms with E-state index < -0.39 is 5.76 Å². The average molecular weight is 318 g/mol. The van der Waals surface area contributed by atoms with E-state index in [0.717, 1.165) is 4.68 Å². The predicted molar refractivity (Wildman–Crippen MR) is 78.1 cm³/mol. The van der Waals surface area contributed by atoms with Crippen LogP contribution in [0.5, 0.6) is 5.75 Å². The fourth-order valence-corrected chi connectivity index (χ4v) is 1.94. The molecule has 1 aromatic heterocycles. The van der Waals surface area contributed by atoms with Gasteiger partial charge in [0.05, 0.1) is 6.54 Å². The van der Waals surface area contributed by atoms with Crippen LogP contribution in [0.2, 0.25) is 0 Å². The van der Waals surface area contributed by atoms with Gasteiger partial charge in [-0.3, -0.25) is 0 Å². The molecule has 3 rings (SSSR count). The molecule has 0 spiro atoms. The summed E-state index contributed by atoms with van der Waals surface area (Å²) >= 11 is 0. The highest BCUT2D eigenvalue weighted by Crippen LogP contribution is 2.15. The fourth-order valence-electron chi connectivity index (χ4n) is 1.94. The Balaban J connectivity index is 1.65. The number of nitrogens with zero attached hydrogens (tertiary/aromatic N) is 2. The summed E-state index contributed by atoms with van der Waals surface area (Å²) in [6, 6.07) is 11.0. The first kappa shape index (κ1) is 15.0. The minimum Gasteiger partial charge on any atom is -0.492 e. The molecule has 0 N–H and O–H groups in total. The van der Waals surface area contributed by atoms with Gasteiger partial charge >= 0.3 is 5.76 Å². The van der Waals surface area contributed by atoms with Crippen LogP contribution in [-0.2, 0) is 6.54 Å². The molecule has 3 aromatic rings. The molecule has 0 amide bonds. The second-order valence-corrected chi connectivity index (χ2v) is 4.71. The molecule has 0 aliphatic heterocycles. The van der Waals surface area contributed by atoms with Gasteiger partial charge in [-0.2, -0.15) is 4.68 Å². The van der Waals surface area contributed by atoms with Crippen molar-refractivity contribution in [2.45, 2.75) is 6.54 Å². The monoisotopic (exact) mass is 318 g/mol. The van der Waals surface area contributed by atoms with Crippen LogP contribution in [-0.4, -0.2) is 16.4 Å². The lowest BCUT2D eigenvalue weighted by atomic mass is 10.2. The molecule has 2 aromatic carbocycles. The minimum absolute atomic E-state index is 0.108. The Morgan fingerprint density at radius 1 is 1.00 bits per heavy atom. The SMILES string of the molecule is O=c1oc(-c2ccc(F)cc2)nn1CCOc1ccc(F)cc1. The molecule has 0 radical (unpaired) electrons. The third-order valence-corrected chi connectivity index (χ3v) is 3.08. The molecule has 0 aliphatic carbocycles. The lowest BCUT2D eigenvalue weighted by Gasteiger charge is -2.04. The van der Waals surface area contributed by atoms with Gasteiger partial charge in [-0.15, -0.1) is 5.10 Å². The van der Waals surface area contributed by atoms with Crippen molar-refractivity contribution in [2.75, 3.05) is 6.61 Å². The van der Waals surface area contributed by atoms with E-state index in [4.69, 9.17) is 9.15 Å². The molecular formula is C16H12F2N2O3. The Morgan fingerprint density at radius 2 is 1.61 bits per heavy atom. The number of hydrogen-bond donors (Lipinski definition) is 0. The van der Waals surface area contributed by atoms with Crippen molar-refractivity contribution >= 4 is 0 Å². The van der Waals surface area contributed by atoms with Crippen molar-refractivity contribution in [2.24, 2.45) is 0 Å². The van der Waals surface area contributed by atoms with Crippen LogP contribution < -0.4 is 10.5 Å². The molecule has 0 saturated heterocycles. The lowest BCUT2D eigenvalue weighted by molar-refractivity contribution is 0.285. The first-order valence-corrected chi connectivity index (χ1v) is 6.84. The first-order chi connectivity index (χ1) is 11.1. The summed E-state index contributed by atoms with van der Waals surface area (Å²) in [5.74, 6) is -0.775. The third-order valence-electron chi connectivity index (χ3n) is 3.08. The number of halogens is 2. The molecule has 0 saturated carbocycles. The Labute approximate surface area is 129 Å². The van der Waals surface area contributed by atoms with E-state index in [1.165, 1.54) is 48.5 Å². The highest BCUT2D eigenvalue weighted by Gasteiger charge is 2.10. The van der Waals surface area contributed by atoms with Crippen molar-refractivity contribution in [1.29, 1.82) is 0 Å². The summed E-state index contributed by atoms with van der Waals surface area (Å²) in [6.45, 7) is 0.335. The summed E-state index contributed by atoms with van der Waals surface area (Å²) in [6.07, 6.45) is 0. The average Bonchev–Trinajstić information content (AvgIpc) is 2.91. The molecule has 23 heavy (non-hydrogen) atoms. The van der Waals surface area contributed by atoms with Crippen molar-refractivity contribution < 1.29 is 17.9 Å². The number of ether oxygens (including phenoxy) is 1. The summed E-state index contributed by atoms with van der Waals surface area (Å²) in [5.41, 5.74) is 0.502. The van der Waals surface area contributed by atoms with Gasteiger partial charge in [-0.25, -0.2) is 13.6 Å². The Morgan fingerprint density at radius 3 is 2.26 bits per heavy atom. The molecule has 5 nitrogen and oxygen atoms in total. The topological polar surface area (TPSA) is 57.3 Å². The second kappa shape index (κ2) is 6.43. The maximum Gasteiger partial charge on any atom is 0.437 e. The molecule has 0 fully saturated rings. The van der Waals surface area contributed by atoms with Gasteiger partial charge in [-0.1, -0.05) is 0 Å². The fraction of sp³-hybridized carbons (Fsp3) is 0.125.